The van der Waals surface area contributed by atoms with Gasteiger partial charge in [-0.2, -0.15) is 0 Å². The molecule has 0 amide bonds. The minimum absolute atomic E-state index is 1.13. The molecule has 4 aromatic carbocycles. The number of rotatable bonds is 24. The molecule has 4 aromatic rings. The highest BCUT2D eigenvalue weighted by atomic mass is 14.3. The largest absolute Gasteiger partial charge is 0.0654 e. The van der Waals surface area contributed by atoms with E-state index in [-0.39, 0.29) is 0 Å². The van der Waals surface area contributed by atoms with Gasteiger partial charge >= 0.3 is 0 Å². The summed E-state index contributed by atoms with van der Waals surface area (Å²) in [5.74, 6) is 0. The molecular weight excluding hydrogens is 601 g/mol. The molecule has 0 aliphatic rings. The summed E-state index contributed by atoms with van der Waals surface area (Å²) in [7, 11) is 0. The van der Waals surface area contributed by atoms with Crippen molar-refractivity contribution in [1.29, 1.82) is 0 Å². The smallest absolute Gasteiger partial charge is 0.00211 e. The summed E-state index contributed by atoms with van der Waals surface area (Å²) in [4.78, 5) is 0. The van der Waals surface area contributed by atoms with Crippen molar-refractivity contribution in [3.05, 3.63) is 142 Å². The number of unbranched alkanes of at least 4 members (excludes halogenated alkanes) is 12. The molecule has 0 bridgehead atoms. The third-order valence-electron chi connectivity index (χ3n) is 10.6. The van der Waals surface area contributed by atoms with Gasteiger partial charge in [0.25, 0.3) is 0 Å². The monoisotopic (exact) mass is 669 g/mol. The van der Waals surface area contributed by atoms with Crippen LogP contribution in [0.5, 0.6) is 0 Å². The van der Waals surface area contributed by atoms with Crippen molar-refractivity contribution in [2.24, 2.45) is 0 Å². The Morgan fingerprint density at radius 1 is 0.280 bits per heavy atom. The first-order valence-electron chi connectivity index (χ1n) is 20.8. The fraction of sp³-hybridized carbons (Fsp3) is 0.480. The van der Waals surface area contributed by atoms with Crippen molar-refractivity contribution < 1.29 is 0 Å². The SMILES string of the molecule is CCCCCCc1ccccc1C(=C(c1ccccc1CCCCCC)c1ccccc1CCCCCC)c1ccccc1CCCCCC. The molecule has 0 aromatic heterocycles. The first kappa shape index (κ1) is 39.4. The van der Waals surface area contributed by atoms with Crippen molar-refractivity contribution in [2.75, 3.05) is 0 Å². The predicted octanol–water partition coefficient (Wildman–Crippen LogP) is 15.2. The number of hydrogen-bond acceptors (Lipinski definition) is 0. The van der Waals surface area contributed by atoms with Crippen LogP contribution in [0.15, 0.2) is 97.1 Å². The number of hydrogen-bond donors (Lipinski definition) is 0. The maximum Gasteiger partial charge on any atom is -0.00211 e. The van der Waals surface area contributed by atoms with Crippen LogP contribution in [0.3, 0.4) is 0 Å². The van der Waals surface area contributed by atoms with Gasteiger partial charge in [0, 0.05) is 0 Å². The van der Waals surface area contributed by atoms with Crippen molar-refractivity contribution in [3.8, 4) is 0 Å². The van der Waals surface area contributed by atoms with Gasteiger partial charge in [-0.3, -0.25) is 0 Å². The van der Waals surface area contributed by atoms with Gasteiger partial charge in [-0.05, 0) is 107 Å². The molecule has 268 valence electrons. The van der Waals surface area contributed by atoms with Crippen molar-refractivity contribution in [3.63, 3.8) is 0 Å². The maximum absolute atomic E-state index is 2.45. The van der Waals surface area contributed by atoms with Crippen LogP contribution < -0.4 is 0 Å². The van der Waals surface area contributed by atoms with E-state index >= 15 is 0 Å². The van der Waals surface area contributed by atoms with Gasteiger partial charge in [-0.15, -0.1) is 0 Å². The molecule has 0 spiro atoms. The third-order valence-corrected chi connectivity index (χ3v) is 10.6. The van der Waals surface area contributed by atoms with E-state index in [0.29, 0.717) is 0 Å². The Hall–Kier alpha value is -3.38. The van der Waals surface area contributed by atoms with E-state index in [0.717, 1.165) is 25.7 Å². The summed E-state index contributed by atoms with van der Waals surface area (Å²) >= 11 is 0. The fourth-order valence-electron chi connectivity index (χ4n) is 7.73. The van der Waals surface area contributed by atoms with Crippen LogP contribution >= 0.6 is 0 Å². The minimum atomic E-state index is 1.13. The molecule has 50 heavy (non-hydrogen) atoms. The molecule has 0 aliphatic heterocycles. The highest BCUT2D eigenvalue weighted by Gasteiger charge is 2.23. The Kier molecular flexibility index (Phi) is 18.3. The van der Waals surface area contributed by atoms with Gasteiger partial charge in [-0.25, -0.2) is 0 Å². The van der Waals surface area contributed by atoms with Crippen LogP contribution in [-0.2, 0) is 25.7 Å². The fourth-order valence-corrected chi connectivity index (χ4v) is 7.73. The van der Waals surface area contributed by atoms with Crippen LogP contribution in [0.1, 0.15) is 175 Å². The third kappa shape index (κ3) is 11.9. The van der Waals surface area contributed by atoms with Gasteiger partial charge < -0.3 is 0 Å². The van der Waals surface area contributed by atoms with Gasteiger partial charge in [0.05, 0.1) is 0 Å². The second-order valence-corrected chi connectivity index (χ2v) is 14.6. The van der Waals surface area contributed by atoms with Crippen LogP contribution in [0.4, 0.5) is 0 Å². The topological polar surface area (TPSA) is 0 Å². The zero-order valence-corrected chi connectivity index (χ0v) is 32.4. The van der Waals surface area contributed by atoms with Gasteiger partial charge in [0.1, 0.15) is 0 Å². The molecule has 0 nitrogen and oxygen atoms in total. The molecule has 0 atom stereocenters. The van der Waals surface area contributed by atoms with E-state index in [1.807, 2.05) is 0 Å². The summed E-state index contributed by atoms with van der Waals surface area (Å²) in [5.41, 5.74) is 14.6. The first-order valence-corrected chi connectivity index (χ1v) is 20.8. The molecule has 0 radical (unpaired) electrons. The molecule has 4 rings (SSSR count). The molecule has 0 N–H and O–H groups in total. The molecule has 0 saturated carbocycles. The zero-order valence-electron chi connectivity index (χ0n) is 32.4. The Bertz CT molecular complexity index is 1320. The highest BCUT2D eigenvalue weighted by molar-refractivity contribution is 6.06. The van der Waals surface area contributed by atoms with E-state index in [2.05, 4.69) is 125 Å². The first-order chi connectivity index (χ1) is 24.7. The quantitative estimate of drug-likeness (QED) is 0.0515. The van der Waals surface area contributed by atoms with Crippen molar-refractivity contribution >= 4 is 11.1 Å². The Morgan fingerprint density at radius 3 is 0.720 bits per heavy atom. The normalized spacial score (nSPS) is 11.2. The summed E-state index contributed by atoms with van der Waals surface area (Å²) in [5, 5.41) is 0. The van der Waals surface area contributed by atoms with Crippen LogP contribution in [-0.4, -0.2) is 0 Å². The van der Waals surface area contributed by atoms with Crippen LogP contribution in [0, 0.1) is 0 Å². The Morgan fingerprint density at radius 2 is 0.500 bits per heavy atom. The molecule has 0 fully saturated rings. The Labute approximate surface area is 307 Å². The van der Waals surface area contributed by atoms with E-state index in [9.17, 15) is 0 Å². The highest BCUT2D eigenvalue weighted by Crippen LogP contribution is 2.42. The summed E-state index contributed by atoms with van der Waals surface area (Å²) in [6.45, 7) is 9.27. The van der Waals surface area contributed by atoms with Crippen LogP contribution in [0.25, 0.3) is 11.1 Å². The second-order valence-electron chi connectivity index (χ2n) is 14.6. The Balaban J connectivity index is 2.05. The van der Waals surface area contributed by atoms with E-state index in [1.54, 1.807) is 0 Å². The molecule has 0 heteroatoms. The van der Waals surface area contributed by atoms with Gasteiger partial charge in [0.2, 0.25) is 0 Å². The van der Waals surface area contributed by atoms with E-state index in [4.69, 9.17) is 0 Å². The molecule has 0 saturated heterocycles. The summed E-state index contributed by atoms with van der Waals surface area (Å²) in [6, 6.07) is 37.8. The number of aryl methyl sites for hydroxylation is 4. The second kappa shape index (κ2) is 23.2. The zero-order chi connectivity index (χ0) is 35.2. The van der Waals surface area contributed by atoms with E-state index in [1.165, 1.54) is 158 Å². The average Bonchev–Trinajstić information content (AvgIpc) is 3.15. The molecule has 0 aliphatic carbocycles. The summed E-state index contributed by atoms with van der Waals surface area (Å²) in [6.07, 6.45) is 25.0. The lowest BCUT2D eigenvalue weighted by Gasteiger charge is -2.25. The molecule has 0 unspecified atom stereocenters. The van der Waals surface area contributed by atoms with Gasteiger partial charge in [0.15, 0.2) is 0 Å². The van der Waals surface area contributed by atoms with Crippen molar-refractivity contribution in [1.82, 2.24) is 0 Å². The lowest BCUT2D eigenvalue weighted by molar-refractivity contribution is 0.665. The maximum atomic E-state index is 2.45. The number of benzene rings is 4. The summed E-state index contributed by atoms with van der Waals surface area (Å²) < 4.78 is 0. The average molecular weight is 669 g/mol. The molecule has 0 heterocycles. The predicted molar refractivity (Wildman–Crippen MR) is 222 cm³/mol. The molecular formula is C50H68. The van der Waals surface area contributed by atoms with Crippen LogP contribution in [0.2, 0.25) is 0 Å². The van der Waals surface area contributed by atoms with Crippen molar-refractivity contribution in [2.45, 2.75) is 156 Å². The minimum Gasteiger partial charge on any atom is -0.0654 e. The standard InChI is InChI=1S/C50H68/c1-5-9-13-17-29-41-33-21-25-37-45(41)49(46-38-26-22-34-42(46)30-18-14-10-6-2)50(47-39-27-23-35-43(47)31-19-15-11-7-3)48-40-28-24-36-44(48)32-20-16-12-8-4/h21-28,33-40H,5-20,29-32H2,1-4H3. The van der Waals surface area contributed by atoms with E-state index < -0.39 is 0 Å². The lowest BCUT2D eigenvalue weighted by atomic mass is 9.78. The van der Waals surface area contributed by atoms with Gasteiger partial charge in [-0.1, -0.05) is 202 Å². The lowest BCUT2D eigenvalue weighted by Crippen LogP contribution is -2.07.